The van der Waals surface area contributed by atoms with Crippen molar-refractivity contribution >= 4 is 14.2 Å². The van der Waals surface area contributed by atoms with Gasteiger partial charge >= 0.3 is 0 Å². The smallest absolute Gasteiger partial charge is 0.277 e. The van der Waals surface area contributed by atoms with Crippen LogP contribution in [-0.4, -0.2) is 62.4 Å². The van der Waals surface area contributed by atoms with Crippen molar-refractivity contribution in [2.45, 2.75) is 69.5 Å². The average Bonchev–Trinajstić information content (AvgIpc) is 3.76. The number of carbonyl (C=O) groups is 1. The van der Waals surface area contributed by atoms with E-state index >= 15 is 0 Å². The Labute approximate surface area is 202 Å². The molecule has 0 aromatic heterocycles. The molecule has 34 heavy (non-hydrogen) atoms. The van der Waals surface area contributed by atoms with Crippen LogP contribution in [-0.2, 0) is 14.1 Å². The van der Waals surface area contributed by atoms with Crippen molar-refractivity contribution in [3.63, 3.8) is 0 Å². The first kappa shape index (κ1) is 24.4. The van der Waals surface area contributed by atoms with Crippen LogP contribution in [0.1, 0.15) is 73.2 Å². The predicted molar refractivity (Wildman–Crippen MR) is 128 cm³/mol. The molecule has 0 radical (unpaired) electrons. The molecule has 188 valence electrons. The van der Waals surface area contributed by atoms with E-state index < -0.39 is 20.0 Å². The molecule has 7 nitrogen and oxygen atoms in total. The molecule has 4 fully saturated rings. The minimum atomic E-state index is -0.578. The van der Waals surface area contributed by atoms with Crippen molar-refractivity contribution < 1.29 is 28.0 Å². The first-order chi connectivity index (χ1) is 16.6. The second kappa shape index (κ2) is 11.2. The fourth-order valence-electron chi connectivity index (χ4n) is 4.60. The van der Waals surface area contributed by atoms with E-state index in [4.69, 9.17) is 18.8 Å². The minimum absolute atomic E-state index is 0.0315. The topological polar surface area (TPSA) is 69.3 Å². The van der Waals surface area contributed by atoms with Crippen molar-refractivity contribution in [3.05, 3.63) is 29.1 Å². The number of rotatable bonds is 10. The third-order valence-electron chi connectivity index (χ3n) is 7.14. The highest BCUT2D eigenvalue weighted by Crippen LogP contribution is 2.46. The number of benzene rings is 1. The molecule has 2 saturated carbocycles. The van der Waals surface area contributed by atoms with E-state index in [2.05, 4.69) is 16.8 Å². The Bertz CT molecular complexity index is 852. The van der Waals surface area contributed by atoms with Gasteiger partial charge < -0.3 is 14.0 Å². The van der Waals surface area contributed by atoms with Gasteiger partial charge in [0.15, 0.2) is 0 Å². The van der Waals surface area contributed by atoms with Gasteiger partial charge in [0.2, 0.25) is 0 Å². The maximum Gasteiger partial charge on any atom is 0.277 e. The first-order valence-corrected chi connectivity index (χ1v) is 14.4. The Balaban J connectivity index is 1.12. The van der Waals surface area contributed by atoms with Gasteiger partial charge in [0.25, 0.3) is 5.91 Å². The molecule has 1 atom stereocenters. The van der Waals surface area contributed by atoms with Crippen LogP contribution in [0.5, 0.6) is 5.75 Å². The maximum absolute atomic E-state index is 14.8. The van der Waals surface area contributed by atoms with Gasteiger partial charge in [-0.1, -0.05) is 0 Å². The number of hydrogen-bond donors (Lipinski definition) is 1. The molecular formula is C25H36FN2O5P. The number of hydrogen-bond acceptors (Lipinski definition) is 6. The lowest BCUT2D eigenvalue weighted by molar-refractivity contribution is 0.0225. The molecule has 2 aliphatic carbocycles. The lowest BCUT2D eigenvalue weighted by atomic mass is 9.99. The third-order valence-corrected chi connectivity index (χ3v) is 8.94. The van der Waals surface area contributed by atoms with Crippen molar-refractivity contribution in [3.8, 4) is 5.75 Å². The highest BCUT2D eigenvalue weighted by Gasteiger charge is 2.31. The number of ether oxygens (including phenoxy) is 2. The number of hydroxylamine groups is 1. The van der Waals surface area contributed by atoms with Gasteiger partial charge in [-0.15, -0.1) is 0 Å². The molecule has 0 spiro atoms. The van der Waals surface area contributed by atoms with Gasteiger partial charge in [-0.2, -0.15) is 0 Å². The molecule has 2 saturated heterocycles. The summed E-state index contributed by atoms with van der Waals surface area (Å²) in [6.07, 6.45) is 8.44. The highest BCUT2D eigenvalue weighted by atomic mass is 31.2. The van der Waals surface area contributed by atoms with E-state index in [1.165, 1.54) is 6.07 Å². The summed E-state index contributed by atoms with van der Waals surface area (Å²) in [7, 11) is -0.578. The van der Waals surface area contributed by atoms with Gasteiger partial charge in [-0.05, 0) is 81.5 Å². The van der Waals surface area contributed by atoms with Gasteiger partial charge in [-0.3, -0.25) is 14.3 Å². The summed E-state index contributed by atoms with van der Waals surface area (Å²) in [5, 5.41) is 0. The Kier molecular flexibility index (Phi) is 8.01. The van der Waals surface area contributed by atoms with Crippen molar-refractivity contribution in [1.82, 2.24) is 10.2 Å². The van der Waals surface area contributed by atoms with Crippen molar-refractivity contribution in [1.29, 1.82) is 0 Å². The third kappa shape index (κ3) is 6.46. The summed E-state index contributed by atoms with van der Waals surface area (Å²) in [5.41, 5.74) is 3.36. The summed E-state index contributed by atoms with van der Waals surface area (Å²) < 4.78 is 35.2. The Morgan fingerprint density at radius 2 is 1.82 bits per heavy atom. The zero-order valence-corrected chi connectivity index (χ0v) is 20.9. The lowest BCUT2D eigenvalue weighted by Crippen LogP contribution is -2.34. The van der Waals surface area contributed by atoms with E-state index in [1.54, 1.807) is 6.07 Å². The normalized spacial score (nSPS) is 23.6. The Morgan fingerprint density at radius 1 is 1.09 bits per heavy atom. The van der Waals surface area contributed by atoms with E-state index in [9.17, 15) is 9.18 Å². The molecule has 0 bridgehead atoms. The van der Waals surface area contributed by atoms with Crippen LogP contribution in [0.2, 0.25) is 0 Å². The lowest BCUT2D eigenvalue weighted by Gasteiger charge is -2.37. The fourth-order valence-corrected chi connectivity index (χ4v) is 6.17. The van der Waals surface area contributed by atoms with Gasteiger partial charge in [-0.25, -0.2) is 9.87 Å². The number of nitrogens with zero attached hydrogens (tertiary/aromatic N) is 1. The largest absolute Gasteiger partial charge is 0.493 e. The van der Waals surface area contributed by atoms with Crippen molar-refractivity contribution in [2.75, 3.05) is 39.6 Å². The standard InChI is InChI=1S/C25H36FN2O5P/c1-34(33-20-8-12-30-13-9-20)28-10-6-17(7-11-28)16-31-24-15-23(26)22(14-21(24)18-2-3-18)25(29)27-32-19-4-5-19/h14-15,17-20H,2-13,16H2,1H3,(H,27,29). The van der Waals surface area contributed by atoms with Crippen LogP contribution < -0.4 is 10.2 Å². The molecule has 1 N–H and O–H groups in total. The highest BCUT2D eigenvalue weighted by molar-refractivity contribution is 7.49. The average molecular weight is 495 g/mol. The summed E-state index contributed by atoms with van der Waals surface area (Å²) in [6.45, 7) is 6.39. The molecule has 2 aliphatic heterocycles. The Hall–Kier alpha value is -1.31. The van der Waals surface area contributed by atoms with Crippen LogP contribution in [0.15, 0.2) is 12.1 Å². The van der Waals surface area contributed by atoms with E-state index in [-0.39, 0.29) is 11.7 Å². The molecule has 1 aromatic rings. The number of nitrogens with one attached hydrogen (secondary N) is 1. The first-order valence-electron chi connectivity index (χ1n) is 12.7. The zero-order chi connectivity index (χ0) is 23.5. The van der Waals surface area contributed by atoms with Crippen LogP contribution in [0.3, 0.4) is 0 Å². The van der Waals surface area contributed by atoms with E-state index in [1.807, 2.05) is 0 Å². The minimum Gasteiger partial charge on any atom is -0.493 e. The molecule has 2 heterocycles. The number of carbonyl (C=O) groups excluding carboxylic acids is 1. The van der Waals surface area contributed by atoms with Gasteiger partial charge in [0, 0.05) is 32.4 Å². The molecule has 1 amide bonds. The summed E-state index contributed by atoms with van der Waals surface area (Å²) in [6, 6.07) is 3.05. The molecule has 1 unspecified atom stereocenters. The van der Waals surface area contributed by atoms with Crippen LogP contribution in [0, 0.1) is 11.7 Å². The van der Waals surface area contributed by atoms with E-state index in [0.29, 0.717) is 30.3 Å². The second-order valence-corrected chi connectivity index (χ2v) is 11.7. The molecule has 9 heteroatoms. The summed E-state index contributed by atoms with van der Waals surface area (Å²) in [5.74, 6) is 0.284. The number of halogens is 1. The van der Waals surface area contributed by atoms with E-state index in [0.717, 1.165) is 83.2 Å². The molecule has 1 aromatic carbocycles. The predicted octanol–water partition coefficient (Wildman–Crippen LogP) is 4.76. The fraction of sp³-hybridized carbons (Fsp3) is 0.720. The molecular weight excluding hydrogens is 458 g/mol. The number of piperidine rings is 1. The zero-order valence-electron chi connectivity index (χ0n) is 20.0. The quantitative estimate of drug-likeness (QED) is 0.374. The summed E-state index contributed by atoms with van der Waals surface area (Å²) >= 11 is 0. The van der Waals surface area contributed by atoms with Gasteiger partial charge in [0.1, 0.15) is 19.9 Å². The molecule has 5 rings (SSSR count). The van der Waals surface area contributed by atoms with Gasteiger partial charge in [0.05, 0.1) is 24.4 Å². The number of amides is 1. The van der Waals surface area contributed by atoms with Crippen LogP contribution in [0.25, 0.3) is 0 Å². The van der Waals surface area contributed by atoms with Crippen molar-refractivity contribution in [2.24, 2.45) is 5.92 Å². The van der Waals surface area contributed by atoms with Crippen LogP contribution >= 0.6 is 8.30 Å². The monoisotopic (exact) mass is 494 g/mol. The Morgan fingerprint density at radius 3 is 2.50 bits per heavy atom. The molecule has 4 aliphatic rings. The second-order valence-electron chi connectivity index (χ2n) is 9.98. The summed E-state index contributed by atoms with van der Waals surface area (Å²) in [4.78, 5) is 17.6. The van der Waals surface area contributed by atoms with Crippen LogP contribution in [0.4, 0.5) is 4.39 Å². The SMILES string of the molecule is CP(OC1CCOCC1)N1CCC(COc2cc(F)c(C(=O)NOC3CC3)cc2C2CC2)CC1. The maximum atomic E-state index is 14.8.